The molecule has 1 atom stereocenters. The van der Waals surface area contributed by atoms with Crippen LogP contribution in [0.5, 0.6) is 11.5 Å². The quantitative estimate of drug-likeness (QED) is 0.514. The molecule has 0 aliphatic carbocycles. The molecule has 5 nitrogen and oxygen atoms in total. The zero-order valence-corrected chi connectivity index (χ0v) is 17.0. The van der Waals surface area contributed by atoms with Crippen molar-refractivity contribution in [3.05, 3.63) is 63.6 Å². The first-order valence-electron chi connectivity index (χ1n) is 8.48. The molecule has 0 saturated heterocycles. The van der Waals surface area contributed by atoms with Gasteiger partial charge < -0.3 is 14.8 Å². The van der Waals surface area contributed by atoms with Gasteiger partial charge in [-0.2, -0.15) is 5.26 Å². The third kappa shape index (κ3) is 5.35. The topological polar surface area (TPSA) is 71.3 Å². The maximum Gasteiger partial charge on any atom is 0.262 e. The number of hydrogen-bond donors (Lipinski definition) is 1. The zero-order chi connectivity index (χ0) is 19.8. The summed E-state index contributed by atoms with van der Waals surface area (Å²) in [4.78, 5) is 12.5. The monoisotopic (exact) mass is 428 g/mol. The summed E-state index contributed by atoms with van der Waals surface area (Å²) in [5, 5.41) is 12.3. The maximum absolute atomic E-state index is 12.5. The first-order chi connectivity index (χ1) is 13.0. The largest absolute Gasteiger partial charge is 0.493 e. The number of benzene rings is 2. The van der Waals surface area contributed by atoms with Crippen LogP contribution in [-0.4, -0.2) is 19.6 Å². The normalized spacial score (nSPS) is 12.0. The van der Waals surface area contributed by atoms with Crippen molar-refractivity contribution in [2.45, 2.75) is 19.9 Å². The van der Waals surface area contributed by atoms with Crippen LogP contribution in [-0.2, 0) is 4.79 Å². The highest BCUT2D eigenvalue weighted by molar-refractivity contribution is 9.10. The molecule has 2 aromatic rings. The Hall–Kier alpha value is -2.78. The molecule has 27 heavy (non-hydrogen) atoms. The van der Waals surface area contributed by atoms with Gasteiger partial charge in [0.05, 0.1) is 19.8 Å². The van der Waals surface area contributed by atoms with E-state index in [0.29, 0.717) is 28.1 Å². The average molecular weight is 429 g/mol. The number of nitrogens with one attached hydrogen (secondary N) is 1. The van der Waals surface area contributed by atoms with Gasteiger partial charge in [0, 0.05) is 4.47 Å². The van der Waals surface area contributed by atoms with Gasteiger partial charge in [0.1, 0.15) is 11.6 Å². The van der Waals surface area contributed by atoms with Gasteiger partial charge in [0.25, 0.3) is 5.91 Å². The summed E-state index contributed by atoms with van der Waals surface area (Å²) in [6.45, 7) is 4.22. The van der Waals surface area contributed by atoms with Crippen LogP contribution in [0.1, 0.15) is 31.0 Å². The van der Waals surface area contributed by atoms with E-state index in [-0.39, 0.29) is 11.6 Å². The van der Waals surface area contributed by atoms with Crippen molar-refractivity contribution in [2.24, 2.45) is 0 Å². The highest BCUT2D eigenvalue weighted by atomic mass is 79.9. The van der Waals surface area contributed by atoms with Crippen LogP contribution in [0.2, 0.25) is 0 Å². The second-order valence-electron chi connectivity index (χ2n) is 5.73. The van der Waals surface area contributed by atoms with Crippen molar-refractivity contribution < 1.29 is 14.3 Å². The van der Waals surface area contributed by atoms with E-state index in [1.54, 1.807) is 19.2 Å². The summed E-state index contributed by atoms with van der Waals surface area (Å²) in [7, 11) is 1.55. The van der Waals surface area contributed by atoms with Gasteiger partial charge in [0.15, 0.2) is 11.5 Å². The summed E-state index contributed by atoms with van der Waals surface area (Å²) in [6.07, 6.45) is 1.53. The Bertz CT molecular complexity index is 873. The standard InChI is InChI=1S/C21H21BrN2O3/c1-4-27-20-11-16(18(22)12-19(20)26-3)10-17(13-23)21(25)24-14(2)15-8-6-5-7-9-15/h5-12,14H,4H2,1-3H3,(H,24,25)/b17-10-/t14-/m1/s1. The Balaban J connectivity index is 2.28. The van der Waals surface area contributed by atoms with Crippen molar-refractivity contribution in [3.63, 3.8) is 0 Å². The fourth-order valence-electron chi connectivity index (χ4n) is 2.49. The van der Waals surface area contributed by atoms with E-state index < -0.39 is 5.91 Å². The van der Waals surface area contributed by atoms with E-state index in [4.69, 9.17) is 9.47 Å². The number of nitrogens with zero attached hydrogens (tertiary/aromatic N) is 1. The number of methoxy groups -OCH3 is 1. The summed E-state index contributed by atoms with van der Waals surface area (Å²) < 4.78 is 11.6. The number of ether oxygens (including phenoxy) is 2. The second-order valence-corrected chi connectivity index (χ2v) is 6.59. The summed E-state index contributed by atoms with van der Waals surface area (Å²) >= 11 is 3.45. The molecule has 1 amide bonds. The third-order valence-electron chi connectivity index (χ3n) is 3.89. The molecule has 2 aromatic carbocycles. The molecule has 0 heterocycles. The van der Waals surface area contributed by atoms with Crippen molar-refractivity contribution in [2.75, 3.05) is 13.7 Å². The third-order valence-corrected chi connectivity index (χ3v) is 4.58. The lowest BCUT2D eigenvalue weighted by Crippen LogP contribution is -2.27. The summed E-state index contributed by atoms with van der Waals surface area (Å²) in [5.74, 6) is 0.681. The zero-order valence-electron chi connectivity index (χ0n) is 15.5. The number of carbonyl (C=O) groups is 1. The van der Waals surface area contributed by atoms with Crippen LogP contribution in [0, 0.1) is 11.3 Å². The molecule has 0 bridgehead atoms. The number of halogens is 1. The first kappa shape index (κ1) is 20.5. The average Bonchev–Trinajstić information content (AvgIpc) is 2.68. The van der Waals surface area contributed by atoms with E-state index in [9.17, 15) is 10.1 Å². The Morgan fingerprint density at radius 3 is 2.59 bits per heavy atom. The van der Waals surface area contributed by atoms with E-state index in [2.05, 4.69) is 21.2 Å². The molecule has 1 N–H and O–H groups in total. The number of rotatable bonds is 7. The van der Waals surface area contributed by atoms with Crippen LogP contribution in [0.25, 0.3) is 6.08 Å². The molecule has 0 unspecified atom stereocenters. The lowest BCUT2D eigenvalue weighted by atomic mass is 10.1. The molecular weight excluding hydrogens is 408 g/mol. The molecule has 0 aromatic heterocycles. The predicted molar refractivity (Wildman–Crippen MR) is 108 cm³/mol. The van der Waals surface area contributed by atoms with E-state index >= 15 is 0 Å². The van der Waals surface area contributed by atoms with Gasteiger partial charge in [0.2, 0.25) is 0 Å². The van der Waals surface area contributed by atoms with Gasteiger partial charge in [-0.05, 0) is 43.2 Å². The Kier molecular flexibility index (Phi) is 7.44. The van der Waals surface area contributed by atoms with Gasteiger partial charge in [-0.25, -0.2) is 0 Å². The molecule has 0 fully saturated rings. The van der Waals surface area contributed by atoms with Crippen molar-refractivity contribution in [3.8, 4) is 17.6 Å². The van der Waals surface area contributed by atoms with Gasteiger partial charge in [-0.3, -0.25) is 4.79 Å². The highest BCUT2D eigenvalue weighted by Crippen LogP contribution is 2.34. The molecule has 6 heteroatoms. The Morgan fingerprint density at radius 2 is 2.00 bits per heavy atom. The lowest BCUT2D eigenvalue weighted by molar-refractivity contribution is -0.117. The first-order valence-corrected chi connectivity index (χ1v) is 9.27. The maximum atomic E-state index is 12.5. The molecule has 0 radical (unpaired) electrons. The second kappa shape index (κ2) is 9.79. The molecule has 0 saturated carbocycles. The van der Waals surface area contributed by atoms with Crippen molar-refractivity contribution >= 4 is 27.9 Å². The van der Waals surface area contributed by atoms with Crippen LogP contribution >= 0.6 is 15.9 Å². The molecular formula is C21H21BrN2O3. The molecule has 0 aliphatic rings. The number of amides is 1. The molecule has 2 rings (SSSR count). The van der Waals surface area contributed by atoms with E-state index in [0.717, 1.165) is 5.56 Å². The Morgan fingerprint density at radius 1 is 1.30 bits per heavy atom. The minimum Gasteiger partial charge on any atom is -0.493 e. The van der Waals surface area contributed by atoms with Crippen LogP contribution in [0.4, 0.5) is 0 Å². The predicted octanol–water partition coefficient (Wildman–Crippen LogP) is 4.64. The number of hydrogen-bond acceptors (Lipinski definition) is 4. The minimum atomic E-state index is -0.436. The molecule has 0 spiro atoms. The number of nitriles is 1. The minimum absolute atomic E-state index is 0.00564. The molecule has 0 aliphatic heterocycles. The van der Waals surface area contributed by atoms with E-state index in [1.165, 1.54) is 6.08 Å². The van der Waals surface area contributed by atoms with Crippen molar-refractivity contribution in [1.82, 2.24) is 5.32 Å². The van der Waals surface area contributed by atoms with Gasteiger partial charge in [-0.15, -0.1) is 0 Å². The molecule has 140 valence electrons. The fourth-order valence-corrected chi connectivity index (χ4v) is 2.93. The van der Waals surface area contributed by atoms with Gasteiger partial charge in [-0.1, -0.05) is 46.3 Å². The van der Waals surface area contributed by atoms with Crippen LogP contribution < -0.4 is 14.8 Å². The number of carbonyl (C=O) groups excluding carboxylic acids is 1. The van der Waals surface area contributed by atoms with Crippen molar-refractivity contribution in [1.29, 1.82) is 5.26 Å². The van der Waals surface area contributed by atoms with E-state index in [1.807, 2.05) is 50.2 Å². The fraction of sp³-hybridized carbons (Fsp3) is 0.238. The lowest BCUT2D eigenvalue weighted by Gasteiger charge is -2.14. The van der Waals surface area contributed by atoms with Crippen LogP contribution in [0.15, 0.2) is 52.5 Å². The smallest absolute Gasteiger partial charge is 0.262 e. The SMILES string of the molecule is CCOc1cc(/C=C(/C#N)C(=O)N[C@H](C)c2ccccc2)c(Br)cc1OC. The Labute approximate surface area is 167 Å². The van der Waals surface area contributed by atoms with Crippen LogP contribution in [0.3, 0.4) is 0 Å². The summed E-state index contributed by atoms with van der Waals surface area (Å²) in [5.41, 5.74) is 1.62. The van der Waals surface area contributed by atoms with Gasteiger partial charge >= 0.3 is 0 Å². The summed E-state index contributed by atoms with van der Waals surface area (Å²) in [6, 6.07) is 14.8. The highest BCUT2D eigenvalue weighted by Gasteiger charge is 2.15.